The van der Waals surface area contributed by atoms with Crippen LogP contribution in [0, 0.1) is 28.6 Å². The first-order chi connectivity index (χ1) is 12.2. The second-order valence-electron chi connectivity index (χ2n) is 9.29. The van der Waals surface area contributed by atoms with Crippen LogP contribution < -0.4 is 0 Å². The van der Waals surface area contributed by atoms with E-state index in [1.807, 2.05) is 13.8 Å². The van der Waals surface area contributed by atoms with Crippen molar-refractivity contribution in [3.05, 3.63) is 11.6 Å². The van der Waals surface area contributed by atoms with Gasteiger partial charge in [0, 0.05) is 5.41 Å². The van der Waals surface area contributed by atoms with Crippen LogP contribution in [0.25, 0.3) is 0 Å². The lowest BCUT2D eigenvalue weighted by Crippen LogP contribution is -2.59. The van der Waals surface area contributed by atoms with E-state index in [0.29, 0.717) is 12.8 Å². The van der Waals surface area contributed by atoms with Crippen LogP contribution in [0.3, 0.4) is 0 Å². The van der Waals surface area contributed by atoms with Crippen molar-refractivity contribution in [1.82, 2.24) is 0 Å². The van der Waals surface area contributed by atoms with Crippen LogP contribution in [-0.2, 0) is 14.4 Å². The zero-order valence-corrected chi connectivity index (χ0v) is 15.6. The molecule has 6 atom stereocenters. The van der Waals surface area contributed by atoms with Crippen LogP contribution in [0.4, 0.5) is 0 Å². The van der Waals surface area contributed by atoms with Crippen LogP contribution in [0.1, 0.15) is 58.8 Å². The minimum absolute atomic E-state index is 0.00189. The van der Waals surface area contributed by atoms with E-state index >= 15 is 0 Å². The third-order valence-electron chi connectivity index (χ3n) is 8.60. The van der Waals surface area contributed by atoms with E-state index in [2.05, 4.69) is 0 Å². The molecule has 4 aliphatic rings. The molecule has 3 fully saturated rings. The number of carbonyl (C=O) groups is 3. The molecule has 0 aromatic rings. The SMILES string of the molecule is CC12C(=O)CC(=O)C=C1CCC1C2CCC2(C)C1CCC2(O)C(=O)CO. The van der Waals surface area contributed by atoms with E-state index in [-0.39, 0.29) is 35.7 Å². The van der Waals surface area contributed by atoms with Gasteiger partial charge >= 0.3 is 0 Å². The summed E-state index contributed by atoms with van der Waals surface area (Å²) in [5, 5.41) is 20.5. The molecule has 0 aliphatic heterocycles. The average molecular weight is 360 g/mol. The van der Waals surface area contributed by atoms with Gasteiger partial charge in [0.2, 0.25) is 0 Å². The van der Waals surface area contributed by atoms with Gasteiger partial charge in [-0.2, -0.15) is 0 Å². The fourth-order valence-electron chi connectivity index (χ4n) is 7.03. The number of ketones is 3. The van der Waals surface area contributed by atoms with Crippen molar-refractivity contribution in [3.63, 3.8) is 0 Å². The Kier molecular flexibility index (Phi) is 3.88. The van der Waals surface area contributed by atoms with Crippen molar-refractivity contribution in [2.24, 2.45) is 28.6 Å². The smallest absolute Gasteiger partial charge is 0.190 e. The highest BCUT2D eigenvalue weighted by Gasteiger charge is 2.66. The first-order valence-electron chi connectivity index (χ1n) is 9.82. The maximum absolute atomic E-state index is 12.9. The summed E-state index contributed by atoms with van der Waals surface area (Å²) >= 11 is 0. The van der Waals surface area contributed by atoms with E-state index in [1.54, 1.807) is 6.08 Å². The van der Waals surface area contributed by atoms with E-state index in [1.165, 1.54) is 0 Å². The van der Waals surface area contributed by atoms with Crippen molar-refractivity contribution >= 4 is 17.3 Å². The lowest BCUT2D eigenvalue weighted by atomic mass is 9.46. The number of hydrogen-bond donors (Lipinski definition) is 2. The molecule has 5 heteroatoms. The Labute approximate surface area is 153 Å². The minimum atomic E-state index is -1.46. The van der Waals surface area contributed by atoms with Gasteiger partial charge in [0.25, 0.3) is 0 Å². The maximum Gasteiger partial charge on any atom is 0.190 e. The highest BCUT2D eigenvalue weighted by molar-refractivity contribution is 6.11. The molecule has 0 radical (unpaired) electrons. The molecule has 4 rings (SSSR count). The van der Waals surface area contributed by atoms with Crippen LogP contribution in [0.15, 0.2) is 11.6 Å². The zero-order chi connectivity index (χ0) is 18.9. The topological polar surface area (TPSA) is 91.7 Å². The van der Waals surface area contributed by atoms with Gasteiger partial charge < -0.3 is 10.2 Å². The number of Topliss-reactive ketones (excluding diaryl/α,β-unsaturated/α-hetero) is 2. The summed E-state index contributed by atoms with van der Waals surface area (Å²) in [6.45, 7) is 3.37. The predicted octanol–water partition coefficient (Wildman–Crippen LogP) is 1.99. The number of carbonyl (C=O) groups excluding carboxylic acids is 3. The Hall–Kier alpha value is -1.33. The monoisotopic (exact) mass is 360 g/mol. The lowest BCUT2D eigenvalue weighted by Gasteiger charge is -2.58. The van der Waals surface area contributed by atoms with Gasteiger partial charge in [-0.1, -0.05) is 12.5 Å². The molecule has 142 valence electrons. The molecule has 0 bridgehead atoms. The van der Waals surface area contributed by atoms with Crippen molar-refractivity contribution in [3.8, 4) is 0 Å². The molecule has 0 aromatic carbocycles. The van der Waals surface area contributed by atoms with Crippen molar-refractivity contribution in [2.75, 3.05) is 6.61 Å². The van der Waals surface area contributed by atoms with Gasteiger partial charge in [-0.05, 0) is 69.3 Å². The summed E-state index contributed by atoms with van der Waals surface area (Å²) in [6.07, 6.45) is 5.93. The Morgan fingerprint density at radius 2 is 1.85 bits per heavy atom. The quantitative estimate of drug-likeness (QED) is 0.735. The third-order valence-corrected chi connectivity index (χ3v) is 8.60. The molecular weight excluding hydrogens is 332 g/mol. The maximum atomic E-state index is 12.9. The summed E-state index contributed by atoms with van der Waals surface area (Å²) in [4.78, 5) is 37.1. The second-order valence-corrected chi connectivity index (χ2v) is 9.29. The molecule has 0 saturated heterocycles. The van der Waals surface area contributed by atoms with Crippen molar-refractivity contribution < 1.29 is 24.6 Å². The first kappa shape index (κ1) is 18.1. The Balaban J connectivity index is 1.72. The molecule has 2 N–H and O–H groups in total. The third kappa shape index (κ3) is 2.02. The molecule has 26 heavy (non-hydrogen) atoms. The predicted molar refractivity (Wildman–Crippen MR) is 94.1 cm³/mol. The zero-order valence-electron chi connectivity index (χ0n) is 15.6. The number of aliphatic hydroxyl groups is 2. The summed E-state index contributed by atoms with van der Waals surface area (Å²) in [5.74, 6) is 0.109. The Morgan fingerprint density at radius 1 is 1.15 bits per heavy atom. The highest BCUT2D eigenvalue weighted by Crippen LogP contribution is 2.67. The lowest BCUT2D eigenvalue weighted by molar-refractivity contribution is -0.166. The minimum Gasteiger partial charge on any atom is -0.388 e. The van der Waals surface area contributed by atoms with E-state index < -0.39 is 28.8 Å². The summed E-state index contributed by atoms with van der Waals surface area (Å²) < 4.78 is 0. The Morgan fingerprint density at radius 3 is 2.54 bits per heavy atom. The molecule has 3 saturated carbocycles. The molecule has 6 unspecified atom stereocenters. The van der Waals surface area contributed by atoms with Crippen LogP contribution in [-0.4, -0.2) is 39.8 Å². The number of rotatable bonds is 2. The van der Waals surface area contributed by atoms with E-state index in [0.717, 1.165) is 31.3 Å². The summed E-state index contributed by atoms with van der Waals surface area (Å²) in [6, 6.07) is 0. The van der Waals surface area contributed by atoms with Crippen LogP contribution >= 0.6 is 0 Å². The normalized spacial score (nSPS) is 47.7. The molecule has 4 aliphatic carbocycles. The molecule has 0 amide bonds. The molecular formula is C21H28O5. The van der Waals surface area contributed by atoms with Gasteiger partial charge in [0.05, 0.1) is 11.8 Å². The van der Waals surface area contributed by atoms with Gasteiger partial charge in [-0.3, -0.25) is 14.4 Å². The second kappa shape index (κ2) is 5.59. The van der Waals surface area contributed by atoms with Crippen LogP contribution in [0.2, 0.25) is 0 Å². The molecule has 0 aromatic heterocycles. The Bertz CT molecular complexity index is 724. The van der Waals surface area contributed by atoms with E-state index in [9.17, 15) is 24.6 Å². The van der Waals surface area contributed by atoms with Crippen molar-refractivity contribution in [1.29, 1.82) is 0 Å². The molecule has 0 heterocycles. The summed E-state index contributed by atoms with van der Waals surface area (Å²) in [7, 11) is 0. The number of aliphatic hydroxyl groups excluding tert-OH is 1. The van der Waals surface area contributed by atoms with Gasteiger partial charge in [0.15, 0.2) is 17.3 Å². The van der Waals surface area contributed by atoms with Gasteiger partial charge in [0.1, 0.15) is 12.2 Å². The largest absolute Gasteiger partial charge is 0.388 e. The van der Waals surface area contributed by atoms with Gasteiger partial charge in [-0.25, -0.2) is 0 Å². The molecule has 0 spiro atoms. The van der Waals surface area contributed by atoms with Crippen LogP contribution in [0.5, 0.6) is 0 Å². The fraction of sp³-hybridized carbons (Fsp3) is 0.762. The summed E-state index contributed by atoms with van der Waals surface area (Å²) in [5.41, 5.74) is -1.58. The highest BCUT2D eigenvalue weighted by atomic mass is 16.3. The standard InChI is InChI=1S/C21H28O5/c1-19-7-5-16-14(15(19)6-8-21(19,26)18(25)11-22)4-3-12-9-13(23)10-17(24)20(12,16)2/h9,14-16,22,26H,3-8,10-11H2,1-2H3. The number of fused-ring (bicyclic) bond motifs is 5. The number of allylic oxidation sites excluding steroid dienone is 1. The number of hydrogen-bond acceptors (Lipinski definition) is 5. The van der Waals surface area contributed by atoms with Gasteiger partial charge in [-0.15, -0.1) is 0 Å². The fourth-order valence-corrected chi connectivity index (χ4v) is 7.03. The van der Waals surface area contributed by atoms with E-state index in [4.69, 9.17) is 0 Å². The first-order valence-corrected chi connectivity index (χ1v) is 9.82. The molecule has 5 nitrogen and oxygen atoms in total. The average Bonchev–Trinajstić information content (AvgIpc) is 2.88. The van der Waals surface area contributed by atoms with Crippen molar-refractivity contribution in [2.45, 2.75) is 64.4 Å².